The molecule has 1 heteroatoms. The Hall–Kier alpha value is -0.740. The molecule has 1 aliphatic rings. The Balaban J connectivity index is 2.87. The van der Waals surface area contributed by atoms with E-state index in [1.165, 1.54) is 0 Å². The molecule has 1 N–H and O–H groups in total. The van der Waals surface area contributed by atoms with Gasteiger partial charge in [-0.05, 0) is 31.3 Å². The fraction of sp³-hybridized carbons (Fsp3) is 0.667. The van der Waals surface area contributed by atoms with Crippen LogP contribution in [-0.4, -0.2) is 10.7 Å². The van der Waals surface area contributed by atoms with Gasteiger partial charge in [-0.1, -0.05) is 13.5 Å². The highest BCUT2D eigenvalue weighted by Gasteiger charge is 2.45. The standard InChI is InChI=1S/C12H18O/c1-5-6-11-10(4)7-8-12(11,13)9(2)3/h1,10-11,13H,2,6-8H2,3-4H3/t10-,11+,12-/m1/s1. The second-order valence-electron chi connectivity index (χ2n) is 4.24. The topological polar surface area (TPSA) is 20.2 Å². The molecule has 0 aromatic rings. The van der Waals surface area contributed by atoms with Crippen molar-refractivity contribution in [2.45, 2.75) is 38.7 Å². The van der Waals surface area contributed by atoms with Crippen molar-refractivity contribution >= 4 is 0 Å². The van der Waals surface area contributed by atoms with Crippen LogP contribution in [0.4, 0.5) is 0 Å². The zero-order valence-corrected chi connectivity index (χ0v) is 8.51. The van der Waals surface area contributed by atoms with E-state index in [1.54, 1.807) is 0 Å². The molecule has 0 unspecified atom stereocenters. The maximum atomic E-state index is 10.3. The minimum absolute atomic E-state index is 0.204. The largest absolute Gasteiger partial charge is 0.385 e. The van der Waals surface area contributed by atoms with E-state index in [0.29, 0.717) is 12.3 Å². The molecule has 0 aliphatic heterocycles. The zero-order chi connectivity index (χ0) is 10.1. The lowest BCUT2D eigenvalue weighted by Crippen LogP contribution is -2.35. The number of rotatable bonds is 2. The van der Waals surface area contributed by atoms with Crippen molar-refractivity contribution in [3.05, 3.63) is 12.2 Å². The van der Waals surface area contributed by atoms with Crippen LogP contribution >= 0.6 is 0 Å². The summed E-state index contributed by atoms with van der Waals surface area (Å²) in [6.45, 7) is 7.90. The first-order valence-corrected chi connectivity index (χ1v) is 4.84. The van der Waals surface area contributed by atoms with Crippen molar-refractivity contribution < 1.29 is 5.11 Å². The quantitative estimate of drug-likeness (QED) is 0.508. The summed E-state index contributed by atoms with van der Waals surface area (Å²) in [5, 5.41) is 10.3. The van der Waals surface area contributed by atoms with Crippen LogP contribution in [0.5, 0.6) is 0 Å². The van der Waals surface area contributed by atoms with E-state index in [4.69, 9.17) is 6.42 Å². The predicted molar refractivity (Wildman–Crippen MR) is 55.1 cm³/mol. The summed E-state index contributed by atoms with van der Waals surface area (Å²) in [4.78, 5) is 0. The Labute approximate surface area is 80.9 Å². The van der Waals surface area contributed by atoms with E-state index >= 15 is 0 Å². The molecule has 0 radical (unpaired) electrons. The Kier molecular flexibility index (Phi) is 2.83. The Morgan fingerprint density at radius 2 is 2.38 bits per heavy atom. The summed E-state index contributed by atoms with van der Waals surface area (Å²) in [7, 11) is 0. The van der Waals surface area contributed by atoms with Gasteiger partial charge in [0.15, 0.2) is 0 Å². The molecule has 3 atom stereocenters. The van der Waals surface area contributed by atoms with E-state index in [-0.39, 0.29) is 5.92 Å². The molecule has 0 saturated heterocycles. The Bertz CT molecular complexity index is 248. The van der Waals surface area contributed by atoms with Gasteiger partial charge in [0.25, 0.3) is 0 Å². The van der Waals surface area contributed by atoms with Gasteiger partial charge in [-0.15, -0.1) is 12.3 Å². The van der Waals surface area contributed by atoms with E-state index in [2.05, 4.69) is 19.4 Å². The monoisotopic (exact) mass is 178 g/mol. The van der Waals surface area contributed by atoms with Crippen molar-refractivity contribution in [2.24, 2.45) is 11.8 Å². The van der Waals surface area contributed by atoms with Gasteiger partial charge in [0.2, 0.25) is 0 Å². The van der Waals surface area contributed by atoms with E-state index in [0.717, 1.165) is 18.4 Å². The molecular weight excluding hydrogens is 160 g/mol. The van der Waals surface area contributed by atoms with Gasteiger partial charge < -0.3 is 5.11 Å². The fourth-order valence-corrected chi connectivity index (χ4v) is 2.33. The number of hydrogen-bond donors (Lipinski definition) is 1. The minimum atomic E-state index is -0.703. The highest BCUT2D eigenvalue weighted by atomic mass is 16.3. The highest BCUT2D eigenvalue weighted by Crippen LogP contribution is 2.45. The predicted octanol–water partition coefficient (Wildman–Crippen LogP) is 2.36. The normalized spacial score (nSPS) is 38.6. The molecule has 13 heavy (non-hydrogen) atoms. The second kappa shape index (κ2) is 3.55. The molecule has 0 spiro atoms. The smallest absolute Gasteiger partial charge is 0.0891 e. The number of aliphatic hydroxyl groups is 1. The van der Waals surface area contributed by atoms with Crippen molar-refractivity contribution in [1.82, 2.24) is 0 Å². The summed E-state index contributed by atoms with van der Waals surface area (Å²) in [6, 6.07) is 0. The van der Waals surface area contributed by atoms with Gasteiger partial charge in [-0.25, -0.2) is 0 Å². The molecule has 0 aromatic heterocycles. The first kappa shape index (κ1) is 10.3. The second-order valence-corrected chi connectivity index (χ2v) is 4.24. The van der Waals surface area contributed by atoms with Crippen molar-refractivity contribution in [1.29, 1.82) is 0 Å². The molecule has 1 saturated carbocycles. The lowest BCUT2D eigenvalue weighted by Gasteiger charge is -2.31. The van der Waals surface area contributed by atoms with Gasteiger partial charge in [0.1, 0.15) is 0 Å². The lowest BCUT2D eigenvalue weighted by atomic mass is 9.80. The maximum Gasteiger partial charge on any atom is 0.0891 e. The van der Waals surface area contributed by atoms with Crippen LogP contribution < -0.4 is 0 Å². The van der Waals surface area contributed by atoms with E-state index in [9.17, 15) is 5.11 Å². The molecule has 1 fully saturated rings. The third-order valence-corrected chi connectivity index (χ3v) is 3.36. The SMILES string of the molecule is C#CC[C@H]1[C@H](C)CC[C@@]1(O)C(=C)C. The fourth-order valence-electron chi connectivity index (χ4n) is 2.33. The van der Waals surface area contributed by atoms with Gasteiger partial charge in [0, 0.05) is 12.3 Å². The van der Waals surface area contributed by atoms with Gasteiger partial charge in [-0.3, -0.25) is 0 Å². The molecule has 0 amide bonds. The average Bonchev–Trinajstić information content (AvgIpc) is 2.34. The molecule has 1 nitrogen and oxygen atoms in total. The van der Waals surface area contributed by atoms with Crippen LogP contribution in [0, 0.1) is 24.2 Å². The number of hydrogen-bond acceptors (Lipinski definition) is 1. The van der Waals surface area contributed by atoms with Gasteiger partial charge >= 0.3 is 0 Å². The summed E-state index contributed by atoms with van der Waals surface area (Å²) >= 11 is 0. The first-order valence-electron chi connectivity index (χ1n) is 4.84. The highest BCUT2D eigenvalue weighted by molar-refractivity contribution is 5.17. The summed E-state index contributed by atoms with van der Waals surface area (Å²) < 4.78 is 0. The molecule has 72 valence electrons. The van der Waals surface area contributed by atoms with Crippen molar-refractivity contribution in [2.75, 3.05) is 0 Å². The molecule has 0 aromatic carbocycles. The van der Waals surface area contributed by atoms with Crippen LogP contribution in [0.2, 0.25) is 0 Å². The minimum Gasteiger partial charge on any atom is -0.385 e. The Morgan fingerprint density at radius 1 is 1.77 bits per heavy atom. The van der Waals surface area contributed by atoms with Crippen molar-refractivity contribution in [3.63, 3.8) is 0 Å². The lowest BCUT2D eigenvalue weighted by molar-refractivity contribution is 0.0322. The average molecular weight is 178 g/mol. The van der Waals surface area contributed by atoms with Gasteiger partial charge in [0.05, 0.1) is 5.60 Å². The number of terminal acetylenes is 1. The van der Waals surface area contributed by atoms with Crippen LogP contribution in [0.25, 0.3) is 0 Å². The maximum absolute atomic E-state index is 10.3. The van der Waals surface area contributed by atoms with Crippen LogP contribution in [0.15, 0.2) is 12.2 Å². The molecule has 1 rings (SSSR count). The third-order valence-electron chi connectivity index (χ3n) is 3.36. The molecule has 0 bridgehead atoms. The van der Waals surface area contributed by atoms with Crippen LogP contribution in [0.1, 0.15) is 33.1 Å². The molecular formula is C12H18O. The van der Waals surface area contributed by atoms with Crippen LogP contribution in [0.3, 0.4) is 0 Å². The summed E-state index contributed by atoms with van der Waals surface area (Å²) in [5.74, 6) is 3.36. The molecule has 0 heterocycles. The van der Waals surface area contributed by atoms with E-state index < -0.39 is 5.60 Å². The molecule has 1 aliphatic carbocycles. The van der Waals surface area contributed by atoms with Crippen LogP contribution in [-0.2, 0) is 0 Å². The van der Waals surface area contributed by atoms with Gasteiger partial charge in [-0.2, -0.15) is 0 Å². The zero-order valence-electron chi connectivity index (χ0n) is 8.51. The summed E-state index contributed by atoms with van der Waals surface area (Å²) in [6.07, 6.45) is 7.82. The third kappa shape index (κ3) is 1.64. The summed E-state index contributed by atoms with van der Waals surface area (Å²) in [5.41, 5.74) is 0.156. The van der Waals surface area contributed by atoms with Crippen molar-refractivity contribution in [3.8, 4) is 12.3 Å². The Morgan fingerprint density at radius 3 is 2.85 bits per heavy atom. The first-order chi connectivity index (χ1) is 6.02. The van der Waals surface area contributed by atoms with E-state index in [1.807, 2.05) is 6.92 Å².